The smallest absolute Gasteiger partial charge is 0.109 e. The quantitative estimate of drug-likeness (QED) is 0.242. The molecule has 0 amide bonds. The monoisotopic (exact) mass is 120 g/mol. The van der Waals surface area contributed by atoms with Crippen LogP contribution in [-0.2, 0) is 0 Å². The molecule has 1 nitrogen and oxygen atoms in total. The molecule has 3 heteroatoms. The summed E-state index contributed by atoms with van der Waals surface area (Å²) in [4.78, 5) is 0. The van der Waals surface area contributed by atoms with E-state index >= 15 is 0 Å². The Morgan fingerprint density at radius 1 is 1.50 bits per heavy atom. The Labute approximate surface area is 47.6 Å². The molecule has 0 rings (SSSR count). The minimum Gasteiger partial charge on any atom is -0.462 e. The van der Waals surface area contributed by atoms with Crippen LogP contribution < -0.4 is 0 Å². The summed E-state index contributed by atoms with van der Waals surface area (Å²) in [5.74, 6) is 2.24. The first-order valence-electron chi connectivity index (χ1n) is 1.28. The molecule has 6 heavy (non-hydrogen) atoms. The van der Waals surface area contributed by atoms with E-state index in [0.717, 1.165) is 0 Å². The first-order valence-corrected chi connectivity index (χ1v) is 2.31. The zero-order valence-corrected chi connectivity index (χ0v) is 4.71. The van der Waals surface area contributed by atoms with E-state index in [1.54, 1.807) is 6.11 Å². The molecule has 0 aliphatic heterocycles. The molecular formula is C3H4OS2. The molecule has 0 spiro atoms. The third-order valence-electron chi connectivity index (χ3n) is 0.194. The Hall–Kier alpha value is 0.0600. The van der Waals surface area contributed by atoms with Crippen LogP contribution in [0.5, 0.6) is 0 Å². The molecule has 1 N–H and O–H groups in total. The van der Waals surface area contributed by atoms with Crippen molar-refractivity contribution in [2.24, 2.45) is 0 Å². The van der Waals surface area contributed by atoms with Crippen molar-refractivity contribution in [3.05, 3.63) is 0 Å². The predicted octanol–water partition coefficient (Wildman–Crippen LogP) is 0.505. The lowest BCUT2D eigenvalue weighted by Crippen LogP contribution is -1.74. The third kappa shape index (κ3) is 4.06. The second-order valence-electron chi connectivity index (χ2n) is 0.630. The molecule has 0 saturated carbocycles. The van der Waals surface area contributed by atoms with Crippen molar-refractivity contribution >= 4 is 25.3 Å². The van der Waals surface area contributed by atoms with Gasteiger partial charge in [0.05, 0.1) is 0 Å². The molecule has 0 unspecified atom stereocenters. The van der Waals surface area contributed by atoms with E-state index in [1.807, 2.05) is 0 Å². The Morgan fingerprint density at radius 2 is 2.00 bits per heavy atom. The normalized spacial score (nSPS) is 7.17. The van der Waals surface area contributed by atoms with Gasteiger partial charge in [0.1, 0.15) is 10.7 Å². The fourth-order valence-electron chi connectivity index (χ4n) is 0.0577. The van der Waals surface area contributed by atoms with E-state index in [2.05, 4.69) is 31.2 Å². The van der Waals surface area contributed by atoms with Gasteiger partial charge in [0.25, 0.3) is 0 Å². The number of aliphatic hydroxyl groups is 1. The molecule has 0 aliphatic rings. The second-order valence-corrected chi connectivity index (χ2v) is 2.07. The summed E-state index contributed by atoms with van der Waals surface area (Å²) in [6.07, 6.45) is 1.66. The first kappa shape index (κ1) is 6.06. The first-order chi connectivity index (χ1) is 2.77. The van der Waals surface area contributed by atoms with Crippen LogP contribution in [0.3, 0.4) is 0 Å². The zero-order valence-electron chi connectivity index (χ0n) is 2.92. The van der Waals surface area contributed by atoms with Gasteiger partial charge in [-0.25, -0.2) is 0 Å². The van der Waals surface area contributed by atoms with Crippen LogP contribution in [-0.4, -0.2) is 9.69 Å². The summed E-state index contributed by atoms with van der Waals surface area (Å²) in [5, 5.41) is 7.78. The van der Waals surface area contributed by atoms with Crippen molar-refractivity contribution in [3.63, 3.8) is 0 Å². The SMILES string of the molecule is OC#CC(S)S. The molecule has 0 bridgehead atoms. The zero-order chi connectivity index (χ0) is 4.99. The van der Waals surface area contributed by atoms with Crippen LogP contribution in [0.4, 0.5) is 0 Å². The molecule has 0 aromatic carbocycles. The van der Waals surface area contributed by atoms with Crippen LogP contribution >= 0.6 is 25.3 Å². The van der Waals surface area contributed by atoms with Crippen molar-refractivity contribution in [2.75, 3.05) is 0 Å². The van der Waals surface area contributed by atoms with Crippen molar-refractivity contribution < 1.29 is 5.11 Å². The molecule has 0 saturated heterocycles. The Kier molecular flexibility index (Phi) is 3.29. The number of hydrogen-bond donors (Lipinski definition) is 3. The van der Waals surface area contributed by atoms with E-state index in [9.17, 15) is 0 Å². The number of aliphatic hydroxyl groups excluding tert-OH is 1. The summed E-state index contributed by atoms with van der Waals surface area (Å²) >= 11 is 7.42. The number of hydrogen-bond acceptors (Lipinski definition) is 3. The molecule has 0 heterocycles. The Bertz CT molecular complexity index is 78.5. The summed E-state index contributed by atoms with van der Waals surface area (Å²) in [6.45, 7) is 0. The summed E-state index contributed by atoms with van der Waals surface area (Å²) in [5.41, 5.74) is 0. The molecule has 0 radical (unpaired) electrons. The average molecular weight is 120 g/mol. The van der Waals surface area contributed by atoms with Crippen LogP contribution in [0.25, 0.3) is 0 Å². The molecular weight excluding hydrogens is 116 g/mol. The summed E-state index contributed by atoms with van der Waals surface area (Å²) in [6, 6.07) is 0. The Morgan fingerprint density at radius 3 is 2.00 bits per heavy atom. The Balaban J connectivity index is 3.20. The maximum absolute atomic E-state index is 7.78. The fraction of sp³-hybridized carbons (Fsp3) is 0.333. The van der Waals surface area contributed by atoms with E-state index in [4.69, 9.17) is 5.11 Å². The molecule has 0 aromatic rings. The van der Waals surface area contributed by atoms with Crippen LogP contribution in [0, 0.1) is 12.0 Å². The van der Waals surface area contributed by atoms with E-state index in [-0.39, 0.29) is 4.58 Å². The van der Waals surface area contributed by atoms with Crippen molar-refractivity contribution in [1.82, 2.24) is 0 Å². The van der Waals surface area contributed by atoms with Gasteiger partial charge in [-0.15, -0.1) is 0 Å². The van der Waals surface area contributed by atoms with Gasteiger partial charge in [-0.3, -0.25) is 0 Å². The highest BCUT2D eigenvalue weighted by atomic mass is 32.2. The lowest BCUT2D eigenvalue weighted by Gasteiger charge is -1.79. The highest BCUT2D eigenvalue weighted by Gasteiger charge is 1.79. The molecule has 0 atom stereocenters. The van der Waals surface area contributed by atoms with E-state index < -0.39 is 0 Å². The van der Waals surface area contributed by atoms with E-state index in [1.165, 1.54) is 0 Å². The standard InChI is InChI=1S/C3H4OS2/c4-2-1-3(5)6/h3-6H. The highest BCUT2D eigenvalue weighted by molar-refractivity contribution is 7.99. The van der Waals surface area contributed by atoms with Crippen molar-refractivity contribution in [1.29, 1.82) is 0 Å². The largest absolute Gasteiger partial charge is 0.462 e. The van der Waals surface area contributed by atoms with Crippen molar-refractivity contribution in [2.45, 2.75) is 4.58 Å². The third-order valence-corrected chi connectivity index (χ3v) is 0.452. The fourth-order valence-corrected chi connectivity index (χ4v) is 0.173. The van der Waals surface area contributed by atoms with Gasteiger partial charge in [-0.05, 0) is 5.92 Å². The van der Waals surface area contributed by atoms with Crippen LogP contribution in [0.15, 0.2) is 0 Å². The van der Waals surface area contributed by atoms with Gasteiger partial charge >= 0.3 is 0 Å². The number of rotatable bonds is 0. The van der Waals surface area contributed by atoms with Gasteiger partial charge in [-0.2, -0.15) is 25.3 Å². The topological polar surface area (TPSA) is 20.2 Å². The average Bonchev–Trinajstić information content (AvgIpc) is 1.35. The molecule has 0 fully saturated rings. The van der Waals surface area contributed by atoms with Crippen LogP contribution in [0.2, 0.25) is 0 Å². The van der Waals surface area contributed by atoms with E-state index in [0.29, 0.717) is 0 Å². The van der Waals surface area contributed by atoms with Crippen LogP contribution in [0.1, 0.15) is 0 Å². The molecule has 0 aliphatic carbocycles. The maximum atomic E-state index is 7.78. The predicted molar refractivity (Wildman–Crippen MR) is 31.5 cm³/mol. The minimum absolute atomic E-state index is 0.324. The van der Waals surface area contributed by atoms with Gasteiger partial charge in [-0.1, -0.05) is 0 Å². The number of thiol groups is 2. The maximum Gasteiger partial charge on any atom is 0.109 e. The van der Waals surface area contributed by atoms with Crippen molar-refractivity contribution in [3.8, 4) is 12.0 Å². The highest BCUT2D eigenvalue weighted by Crippen LogP contribution is 1.94. The molecule has 34 valence electrons. The van der Waals surface area contributed by atoms with Gasteiger partial charge in [0.15, 0.2) is 0 Å². The van der Waals surface area contributed by atoms with Gasteiger partial charge in [0.2, 0.25) is 0 Å². The lowest BCUT2D eigenvalue weighted by molar-refractivity contribution is 0.517. The lowest BCUT2D eigenvalue weighted by atomic mass is 10.8. The minimum atomic E-state index is -0.324. The summed E-state index contributed by atoms with van der Waals surface area (Å²) in [7, 11) is 0. The second kappa shape index (κ2) is 3.26. The summed E-state index contributed by atoms with van der Waals surface area (Å²) < 4.78 is -0.324. The van der Waals surface area contributed by atoms with Gasteiger partial charge < -0.3 is 5.11 Å². The van der Waals surface area contributed by atoms with Gasteiger partial charge in [0, 0.05) is 0 Å². The molecule has 0 aromatic heterocycles.